The molecule has 2 aliphatic carbocycles. The summed E-state index contributed by atoms with van der Waals surface area (Å²) in [5.41, 5.74) is 0.610. The van der Waals surface area contributed by atoms with Crippen molar-refractivity contribution in [2.75, 3.05) is 5.32 Å². The second kappa shape index (κ2) is 6.67. The number of aliphatic carboxylic acids is 1. The van der Waals surface area contributed by atoms with Gasteiger partial charge in [0.15, 0.2) is 0 Å². The number of allylic oxidation sites excluding steroid dienone is 2. The maximum atomic E-state index is 12.6. The first kappa shape index (κ1) is 16.4. The maximum absolute atomic E-state index is 12.6. The fraction of sp³-hybridized carbons (Fsp3) is 0.238. The summed E-state index contributed by atoms with van der Waals surface area (Å²) in [5.74, 6) is -1.46. The number of amides is 1. The monoisotopic (exact) mass is 348 g/mol. The summed E-state index contributed by atoms with van der Waals surface area (Å²) in [5, 5.41) is 14.3. The van der Waals surface area contributed by atoms with E-state index in [-0.39, 0.29) is 17.7 Å². The molecule has 0 heterocycles. The van der Waals surface area contributed by atoms with Gasteiger partial charge < -0.3 is 20.0 Å². The van der Waals surface area contributed by atoms with Crippen LogP contribution in [-0.2, 0) is 9.59 Å². The van der Waals surface area contributed by atoms with Crippen molar-refractivity contribution in [3.63, 3.8) is 0 Å². The zero-order valence-corrected chi connectivity index (χ0v) is 14.0. The Labute approximate surface area is 151 Å². The minimum atomic E-state index is -1.14. The SMILES string of the molecule is O=C(Nc1ccc(Oc2ccccc2)cc1)[C@@H]1[C@@H](C(=O)[O-])[C@H]2C=C[C@@H]1C2. The Morgan fingerprint density at radius 3 is 2.15 bits per heavy atom. The van der Waals surface area contributed by atoms with Crippen LogP contribution in [-0.4, -0.2) is 11.9 Å². The number of fused-ring (bicyclic) bond motifs is 2. The van der Waals surface area contributed by atoms with Gasteiger partial charge in [0.1, 0.15) is 11.5 Å². The van der Waals surface area contributed by atoms with Crippen LogP contribution in [0.4, 0.5) is 5.69 Å². The minimum Gasteiger partial charge on any atom is -0.550 e. The summed E-state index contributed by atoms with van der Waals surface area (Å²) >= 11 is 0. The predicted molar refractivity (Wildman–Crippen MR) is 94.3 cm³/mol. The molecule has 4 atom stereocenters. The van der Waals surface area contributed by atoms with E-state index in [0.717, 1.165) is 5.75 Å². The van der Waals surface area contributed by atoms with E-state index < -0.39 is 17.8 Å². The second-order valence-electron chi connectivity index (χ2n) is 6.75. The fourth-order valence-corrected chi connectivity index (χ4v) is 3.96. The summed E-state index contributed by atoms with van der Waals surface area (Å²) in [6.45, 7) is 0. The van der Waals surface area contributed by atoms with Crippen molar-refractivity contribution in [3.8, 4) is 11.5 Å². The highest BCUT2D eigenvalue weighted by Crippen LogP contribution is 2.48. The lowest BCUT2D eigenvalue weighted by Crippen LogP contribution is -2.42. The molecule has 1 amide bonds. The molecule has 0 aromatic heterocycles. The Morgan fingerprint density at radius 2 is 1.50 bits per heavy atom. The Bertz CT molecular complexity index is 844. The lowest BCUT2D eigenvalue weighted by atomic mass is 9.82. The fourth-order valence-electron chi connectivity index (χ4n) is 3.96. The number of hydrogen-bond acceptors (Lipinski definition) is 4. The van der Waals surface area contributed by atoms with E-state index in [0.29, 0.717) is 17.9 Å². The maximum Gasteiger partial charge on any atom is 0.228 e. The molecule has 0 spiro atoms. The average Bonchev–Trinajstić information content (AvgIpc) is 3.25. The van der Waals surface area contributed by atoms with E-state index in [1.807, 2.05) is 42.5 Å². The topological polar surface area (TPSA) is 78.5 Å². The third-order valence-electron chi connectivity index (χ3n) is 5.13. The van der Waals surface area contributed by atoms with Crippen molar-refractivity contribution in [2.24, 2.45) is 23.7 Å². The number of carboxylic acids is 1. The van der Waals surface area contributed by atoms with Crippen LogP contribution in [0.1, 0.15) is 6.42 Å². The van der Waals surface area contributed by atoms with Crippen molar-refractivity contribution < 1.29 is 19.4 Å². The number of nitrogens with one attached hydrogen (secondary N) is 1. The molecule has 2 aromatic rings. The summed E-state index contributed by atoms with van der Waals surface area (Å²) in [4.78, 5) is 24.1. The standard InChI is InChI=1S/C21H19NO4/c23-20(18-13-6-7-14(12-13)19(18)21(24)25)22-15-8-10-17(11-9-15)26-16-4-2-1-3-5-16/h1-11,13-14,18-19H,12H2,(H,22,23)(H,24,25)/p-1/t13-,14+,18+,19+/m1/s1. The molecule has 2 aromatic carbocycles. The lowest BCUT2D eigenvalue weighted by Gasteiger charge is -2.27. The summed E-state index contributed by atoms with van der Waals surface area (Å²) < 4.78 is 5.72. The molecule has 5 nitrogen and oxygen atoms in total. The number of carboxylic acid groups (broad SMARTS) is 1. The van der Waals surface area contributed by atoms with E-state index in [2.05, 4.69) is 5.32 Å². The minimum absolute atomic E-state index is 0.0245. The Hall–Kier alpha value is -3.08. The van der Waals surface area contributed by atoms with Crippen molar-refractivity contribution in [1.82, 2.24) is 0 Å². The largest absolute Gasteiger partial charge is 0.550 e. The van der Waals surface area contributed by atoms with Crippen LogP contribution in [0, 0.1) is 23.7 Å². The van der Waals surface area contributed by atoms with Crippen LogP contribution in [0.3, 0.4) is 0 Å². The van der Waals surface area contributed by atoms with Gasteiger partial charge in [0, 0.05) is 17.6 Å². The van der Waals surface area contributed by atoms with Gasteiger partial charge in [-0.05, 0) is 54.7 Å². The number of benzene rings is 2. The van der Waals surface area contributed by atoms with Crippen LogP contribution in [0.5, 0.6) is 11.5 Å². The van der Waals surface area contributed by atoms with Crippen molar-refractivity contribution >= 4 is 17.6 Å². The molecule has 132 valence electrons. The third-order valence-corrected chi connectivity index (χ3v) is 5.13. The number of anilines is 1. The molecule has 0 radical (unpaired) electrons. The molecule has 26 heavy (non-hydrogen) atoms. The molecule has 1 saturated carbocycles. The quantitative estimate of drug-likeness (QED) is 0.843. The van der Waals surface area contributed by atoms with Crippen molar-refractivity contribution in [3.05, 3.63) is 66.7 Å². The molecule has 2 aliphatic rings. The highest BCUT2D eigenvalue weighted by molar-refractivity contribution is 5.96. The van der Waals surface area contributed by atoms with E-state index in [9.17, 15) is 14.7 Å². The molecular formula is C21H18NO4-. The van der Waals surface area contributed by atoms with Gasteiger partial charge in [0.05, 0.1) is 5.92 Å². The Morgan fingerprint density at radius 1 is 0.885 bits per heavy atom. The molecule has 0 aliphatic heterocycles. The first-order chi connectivity index (χ1) is 12.6. The molecule has 1 N–H and O–H groups in total. The Balaban J connectivity index is 1.43. The van der Waals surface area contributed by atoms with E-state index in [1.165, 1.54) is 0 Å². The van der Waals surface area contributed by atoms with E-state index in [4.69, 9.17) is 4.74 Å². The van der Waals surface area contributed by atoms with Crippen LogP contribution < -0.4 is 15.2 Å². The van der Waals surface area contributed by atoms with Crippen molar-refractivity contribution in [1.29, 1.82) is 0 Å². The summed E-state index contributed by atoms with van der Waals surface area (Å²) in [7, 11) is 0. The smallest absolute Gasteiger partial charge is 0.228 e. The molecular weight excluding hydrogens is 330 g/mol. The van der Waals surface area contributed by atoms with Crippen LogP contribution in [0.25, 0.3) is 0 Å². The van der Waals surface area contributed by atoms with Crippen LogP contribution in [0.2, 0.25) is 0 Å². The van der Waals surface area contributed by atoms with Crippen LogP contribution in [0.15, 0.2) is 66.7 Å². The average molecular weight is 348 g/mol. The van der Waals surface area contributed by atoms with Gasteiger partial charge in [-0.1, -0.05) is 30.4 Å². The van der Waals surface area contributed by atoms with Gasteiger partial charge in [0.2, 0.25) is 5.91 Å². The zero-order chi connectivity index (χ0) is 18.1. The number of hydrogen-bond donors (Lipinski definition) is 1. The zero-order valence-electron chi connectivity index (χ0n) is 14.0. The van der Waals surface area contributed by atoms with Gasteiger partial charge in [-0.25, -0.2) is 0 Å². The second-order valence-corrected chi connectivity index (χ2v) is 6.75. The molecule has 1 fully saturated rings. The predicted octanol–water partition coefficient (Wildman–Crippen LogP) is 2.61. The normalized spacial score (nSPS) is 25.8. The van der Waals surface area contributed by atoms with E-state index >= 15 is 0 Å². The molecule has 0 saturated heterocycles. The highest BCUT2D eigenvalue weighted by Gasteiger charge is 2.48. The van der Waals surface area contributed by atoms with Crippen LogP contribution >= 0.6 is 0 Å². The summed E-state index contributed by atoms with van der Waals surface area (Å²) in [6, 6.07) is 16.4. The number of para-hydroxylation sites is 1. The number of carbonyl (C=O) groups is 2. The number of rotatable bonds is 5. The van der Waals surface area contributed by atoms with Gasteiger partial charge in [-0.2, -0.15) is 0 Å². The number of ether oxygens (including phenoxy) is 1. The summed E-state index contributed by atoms with van der Waals surface area (Å²) in [6.07, 6.45) is 4.55. The third kappa shape index (κ3) is 3.08. The van der Waals surface area contributed by atoms with E-state index in [1.54, 1.807) is 24.3 Å². The van der Waals surface area contributed by atoms with Crippen molar-refractivity contribution in [2.45, 2.75) is 6.42 Å². The van der Waals surface area contributed by atoms with Gasteiger partial charge in [0.25, 0.3) is 0 Å². The van der Waals surface area contributed by atoms with Gasteiger partial charge in [-0.15, -0.1) is 0 Å². The van der Waals surface area contributed by atoms with Gasteiger partial charge >= 0.3 is 0 Å². The first-order valence-corrected chi connectivity index (χ1v) is 8.65. The molecule has 0 unspecified atom stereocenters. The first-order valence-electron chi connectivity index (χ1n) is 8.65. The lowest BCUT2D eigenvalue weighted by molar-refractivity contribution is -0.313. The molecule has 5 heteroatoms. The highest BCUT2D eigenvalue weighted by atomic mass is 16.5. The molecule has 4 rings (SSSR count). The molecule has 2 bridgehead atoms. The van der Waals surface area contributed by atoms with Gasteiger partial charge in [-0.3, -0.25) is 4.79 Å². The number of carbonyl (C=O) groups excluding carboxylic acids is 2. The Kier molecular flexibility index (Phi) is 4.21.